The predicted molar refractivity (Wildman–Crippen MR) is 55.1 cm³/mol. The Bertz CT molecular complexity index is 476. The van der Waals surface area contributed by atoms with Crippen LogP contribution in [0.2, 0.25) is 0 Å². The number of imidazole rings is 1. The van der Waals surface area contributed by atoms with Gasteiger partial charge in [-0.2, -0.15) is 4.98 Å². The fourth-order valence-electron chi connectivity index (χ4n) is 1.25. The van der Waals surface area contributed by atoms with E-state index in [1.165, 1.54) is 0 Å². The summed E-state index contributed by atoms with van der Waals surface area (Å²) in [4.78, 5) is 8.17. The Morgan fingerprint density at radius 3 is 2.88 bits per heavy atom. The molecule has 2 aromatic heterocycles. The van der Waals surface area contributed by atoms with Crippen molar-refractivity contribution in [1.29, 1.82) is 0 Å². The minimum Gasteiger partial charge on any atom is -0.391 e. The van der Waals surface area contributed by atoms with E-state index in [4.69, 9.17) is 10.3 Å². The van der Waals surface area contributed by atoms with Gasteiger partial charge < -0.3 is 19.9 Å². The van der Waals surface area contributed by atoms with E-state index in [-0.39, 0.29) is 5.89 Å². The summed E-state index contributed by atoms with van der Waals surface area (Å²) in [7, 11) is 1.83. The highest BCUT2D eigenvalue weighted by molar-refractivity contribution is 5.42. The van der Waals surface area contributed by atoms with Gasteiger partial charge in [0.15, 0.2) is 5.82 Å². The molecule has 0 aromatic carbocycles. The molecule has 0 bridgehead atoms. The first-order valence-corrected chi connectivity index (χ1v) is 4.84. The number of aliphatic hydroxyl groups is 1. The molecule has 2 atom stereocenters. The molecule has 0 saturated carbocycles. The molecule has 7 nitrogen and oxygen atoms in total. The number of aliphatic hydroxyl groups excluding tert-OH is 1. The summed E-state index contributed by atoms with van der Waals surface area (Å²) >= 11 is 0. The highest BCUT2D eigenvalue weighted by Gasteiger charge is 2.21. The number of nitrogens with two attached hydrogens (primary N) is 1. The normalized spacial score (nSPS) is 15.0. The molecule has 3 N–H and O–H groups in total. The highest BCUT2D eigenvalue weighted by atomic mass is 16.5. The van der Waals surface area contributed by atoms with Crippen LogP contribution in [0.15, 0.2) is 16.9 Å². The van der Waals surface area contributed by atoms with Crippen molar-refractivity contribution >= 4 is 0 Å². The fourth-order valence-corrected chi connectivity index (χ4v) is 1.25. The van der Waals surface area contributed by atoms with Gasteiger partial charge in [-0.25, -0.2) is 4.98 Å². The van der Waals surface area contributed by atoms with E-state index in [2.05, 4.69) is 15.1 Å². The number of aryl methyl sites for hydroxylation is 1. The molecule has 86 valence electrons. The zero-order valence-electron chi connectivity index (χ0n) is 9.03. The number of aromatic nitrogens is 4. The summed E-state index contributed by atoms with van der Waals surface area (Å²) in [5, 5.41) is 13.1. The lowest BCUT2D eigenvalue weighted by atomic mass is 10.2. The van der Waals surface area contributed by atoms with E-state index in [0.29, 0.717) is 11.6 Å². The minimum atomic E-state index is -0.741. The Hall–Kier alpha value is -1.73. The van der Waals surface area contributed by atoms with Crippen molar-refractivity contribution < 1.29 is 9.63 Å². The minimum absolute atomic E-state index is 0.202. The average Bonchev–Trinajstić information content (AvgIpc) is 2.84. The Morgan fingerprint density at radius 1 is 1.56 bits per heavy atom. The molecule has 2 unspecified atom stereocenters. The Labute approximate surface area is 91.9 Å². The second-order valence-electron chi connectivity index (χ2n) is 3.58. The van der Waals surface area contributed by atoms with E-state index in [1.54, 1.807) is 23.9 Å². The third-order valence-corrected chi connectivity index (χ3v) is 2.27. The third-order valence-electron chi connectivity index (χ3n) is 2.27. The second-order valence-corrected chi connectivity index (χ2v) is 3.58. The molecule has 0 saturated heterocycles. The first kappa shape index (κ1) is 10.8. The largest absolute Gasteiger partial charge is 0.391 e. The van der Waals surface area contributed by atoms with Crippen molar-refractivity contribution in [2.45, 2.75) is 19.1 Å². The van der Waals surface area contributed by atoms with Gasteiger partial charge in [-0.1, -0.05) is 5.16 Å². The van der Waals surface area contributed by atoms with Crippen molar-refractivity contribution in [2.75, 3.05) is 0 Å². The number of hydrogen-bond donors (Lipinski definition) is 2. The zero-order chi connectivity index (χ0) is 11.7. The second kappa shape index (κ2) is 4.03. The van der Waals surface area contributed by atoms with Crippen LogP contribution in [0.25, 0.3) is 11.6 Å². The number of rotatable bonds is 3. The SMILES string of the molecule is CC(O)C(N)c1nc(-c2nccn2C)no1. The van der Waals surface area contributed by atoms with E-state index in [9.17, 15) is 5.11 Å². The Balaban J connectivity index is 2.30. The Kier molecular flexibility index (Phi) is 2.71. The molecule has 2 aromatic rings. The fraction of sp³-hybridized carbons (Fsp3) is 0.444. The molecule has 0 amide bonds. The van der Waals surface area contributed by atoms with Crippen LogP contribution in [-0.4, -0.2) is 30.9 Å². The molecule has 2 heterocycles. The van der Waals surface area contributed by atoms with Gasteiger partial charge in [-0.15, -0.1) is 0 Å². The summed E-state index contributed by atoms with van der Waals surface area (Å²) in [6, 6.07) is -0.679. The van der Waals surface area contributed by atoms with Crippen LogP contribution in [0.4, 0.5) is 0 Å². The van der Waals surface area contributed by atoms with Gasteiger partial charge in [0.1, 0.15) is 6.04 Å². The van der Waals surface area contributed by atoms with Gasteiger partial charge in [0.25, 0.3) is 0 Å². The maximum Gasteiger partial charge on any atom is 0.246 e. The van der Waals surface area contributed by atoms with E-state index in [1.807, 2.05) is 7.05 Å². The van der Waals surface area contributed by atoms with Crippen LogP contribution in [0.3, 0.4) is 0 Å². The molecule has 0 spiro atoms. The summed E-state index contributed by atoms with van der Waals surface area (Å²) in [6.07, 6.45) is 2.68. The summed E-state index contributed by atoms with van der Waals surface area (Å²) in [5.74, 6) is 1.15. The van der Waals surface area contributed by atoms with Gasteiger partial charge in [0.05, 0.1) is 6.10 Å². The molecule has 0 aliphatic carbocycles. The number of hydrogen-bond acceptors (Lipinski definition) is 6. The Morgan fingerprint density at radius 2 is 2.31 bits per heavy atom. The lowest BCUT2D eigenvalue weighted by Crippen LogP contribution is -2.23. The average molecular weight is 223 g/mol. The van der Waals surface area contributed by atoms with E-state index >= 15 is 0 Å². The van der Waals surface area contributed by atoms with Crippen LogP contribution in [-0.2, 0) is 7.05 Å². The van der Waals surface area contributed by atoms with Crippen molar-refractivity contribution in [3.63, 3.8) is 0 Å². The number of nitrogens with zero attached hydrogens (tertiary/aromatic N) is 4. The quantitative estimate of drug-likeness (QED) is 0.750. The molecular formula is C9H13N5O2. The van der Waals surface area contributed by atoms with Gasteiger partial charge in [-0.05, 0) is 6.92 Å². The van der Waals surface area contributed by atoms with Crippen LogP contribution in [0.1, 0.15) is 18.9 Å². The van der Waals surface area contributed by atoms with Crippen molar-refractivity contribution in [3.05, 3.63) is 18.3 Å². The van der Waals surface area contributed by atoms with Gasteiger partial charge in [0.2, 0.25) is 11.7 Å². The lowest BCUT2D eigenvalue weighted by Gasteiger charge is -2.08. The molecule has 16 heavy (non-hydrogen) atoms. The summed E-state index contributed by atoms with van der Waals surface area (Å²) < 4.78 is 6.73. The smallest absolute Gasteiger partial charge is 0.246 e. The van der Waals surface area contributed by atoms with Gasteiger partial charge in [-0.3, -0.25) is 0 Å². The molecule has 7 heteroatoms. The zero-order valence-corrected chi connectivity index (χ0v) is 9.03. The molecule has 0 aliphatic rings. The lowest BCUT2D eigenvalue weighted by molar-refractivity contribution is 0.146. The van der Waals surface area contributed by atoms with Crippen LogP contribution in [0.5, 0.6) is 0 Å². The maximum absolute atomic E-state index is 9.30. The monoisotopic (exact) mass is 223 g/mol. The van der Waals surface area contributed by atoms with E-state index < -0.39 is 12.1 Å². The van der Waals surface area contributed by atoms with Crippen LogP contribution in [0, 0.1) is 0 Å². The summed E-state index contributed by atoms with van der Waals surface area (Å²) in [5.41, 5.74) is 5.67. The molecule has 0 fully saturated rings. The van der Waals surface area contributed by atoms with Crippen molar-refractivity contribution in [1.82, 2.24) is 19.7 Å². The van der Waals surface area contributed by atoms with Crippen molar-refractivity contribution in [3.8, 4) is 11.6 Å². The molecule has 0 radical (unpaired) electrons. The first-order valence-electron chi connectivity index (χ1n) is 4.84. The molecule has 0 aliphatic heterocycles. The maximum atomic E-state index is 9.30. The topological polar surface area (TPSA) is 103 Å². The molecule has 2 rings (SSSR count). The summed E-state index contributed by atoms with van der Waals surface area (Å²) in [6.45, 7) is 1.56. The van der Waals surface area contributed by atoms with Crippen molar-refractivity contribution in [2.24, 2.45) is 12.8 Å². The third kappa shape index (κ3) is 1.82. The highest BCUT2D eigenvalue weighted by Crippen LogP contribution is 2.17. The van der Waals surface area contributed by atoms with Gasteiger partial charge in [0, 0.05) is 19.4 Å². The molecular weight excluding hydrogens is 210 g/mol. The standard InChI is InChI=1S/C9H13N5O2/c1-5(15)6(10)9-12-7(13-16-9)8-11-3-4-14(8)2/h3-6,15H,10H2,1-2H3. The van der Waals surface area contributed by atoms with Crippen LogP contribution < -0.4 is 5.73 Å². The van der Waals surface area contributed by atoms with Crippen LogP contribution >= 0.6 is 0 Å². The van der Waals surface area contributed by atoms with E-state index in [0.717, 1.165) is 0 Å². The van der Waals surface area contributed by atoms with Gasteiger partial charge >= 0.3 is 0 Å². The first-order chi connectivity index (χ1) is 7.59. The predicted octanol–water partition coefficient (Wildman–Crippen LogP) is -0.149.